The van der Waals surface area contributed by atoms with Gasteiger partial charge in [0, 0.05) is 0 Å². The fraction of sp³-hybridized carbons (Fsp3) is 0.364. The van der Waals surface area contributed by atoms with Crippen LogP contribution in [0.15, 0.2) is 12.1 Å². The van der Waals surface area contributed by atoms with Crippen molar-refractivity contribution in [2.75, 3.05) is 5.32 Å². The lowest BCUT2D eigenvalue weighted by Crippen LogP contribution is -2.31. The van der Waals surface area contributed by atoms with Crippen molar-refractivity contribution in [1.29, 1.82) is 0 Å². The Bertz CT molecular complexity index is 611. The van der Waals surface area contributed by atoms with Crippen molar-refractivity contribution in [2.45, 2.75) is 18.9 Å². The predicted octanol–water partition coefficient (Wildman–Crippen LogP) is 2.62. The summed E-state index contributed by atoms with van der Waals surface area (Å²) >= 11 is 7.20. The first-order chi connectivity index (χ1) is 8.66. The minimum absolute atomic E-state index is 0.181. The minimum atomic E-state index is -0.853. The van der Waals surface area contributed by atoms with E-state index in [-0.39, 0.29) is 5.92 Å². The molecule has 0 spiro atoms. The number of halogens is 1. The van der Waals surface area contributed by atoms with Gasteiger partial charge in [-0.05, 0) is 30.9 Å². The molecule has 0 amide bonds. The van der Waals surface area contributed by atoms with E-state index >= 15 is 0 Å². The molecule has 1 fully saturated rings. The number of carboxylic acid groups (broad SMARTS) is 1. The summed E-state index contributed by atoms with van der Waals surface area (Å²) in [5, 5.41) is 12.7. The monoisotopic (exact) mass is 283 g/mol. The van der Waals surface area contributed by atoms with Gasteiger partial charge in [0.15, 0.2) is 0 Å². The van der Waals surface area contributed by atoms with Crippen LogP contribution >= 0.6 is 23.3 Å². The van der Waals surface area contributed by atoms with E-state index in [2.05, 4.69) is 14.1 Å². The topological polar surface area (TPSA) is 75.1 Å². The molecule has 1 aliphatic carbocycles. The molecular weight excluding hydrogens is 274 g/mol. The lowest BCUT2D eigenvalue weighted by atomic mass is 10.1. The number of hydrogen-bond acceptors (Lipinski definition) is 5. The van der Waals surface area contributed by atoms with Crippen LogP contribution in [-0.4, -0.2) is 25.9 Å². The zero-order valence-electron chi connectivity index (χ0n) is 9.26. The Morgan fingerprint density at radius 1 is 1.50 bits per heavy atom. The molecule has 1 unspecified atom stereocenters. The average Bonchev–Trinajstić information content (AvgIpc) is 3.04. The molecule has 0 saturated heterocycles. The summed E-state index contributed by atoms with van der Waals surface area (Å²) in [6.07, 6.45) is 1.87. The first-order valence-corrected chi connectivity index (χ1v) is 6.68. The standard InChI is InChI=1S/C11H10ClN3O2S/c12-6-3-4-7-10(15-18-14-7)9(6)13-8(11(16)17)5-1-2-5/h3-5,8,13H,1-2H2,(H,16,17). The maximum atomic E-state index is 11.2. The lowest BCUT2D eigenvalue weighted by molar-refractivity contribution is -0.138. The van der Waals surface area contributed by atoms with E-state index in [0.29, 0.717) is 16.2 Å². The number of aromatic nitrogens is 2. The number of nitrogens with one attached hydrogen (secondary N) is 1. The van der Waals surface area contributed by atoms with E-state index in [9.17, 15) is 9.90 Å². The number of carbonyl (C=O) groups is 1. The first kappa shape index (κ1) is 11.7. The van der Waals surface area contributed by atoms with Gasteiger partial charge >= 0.3 is 5.97 Å². The van der Waals surface area contributed by atoms with Gasteiger partial charge in [-0.1, -0.05) is 11.6 Å². The van der Waals surface area contributed by atoms with Crippen molar-refractivity contribution in [2.24, 2.45) is 5.92 Å². The maximum absolute atomic E-state index is 11.2. The van der Waals surface area contributed by atoms with Crippen LogP contribution in [0, 0.1) is 5.92 Å². The Balaban J connectivity index is 2.00. The molecule has 0 bridgehead atoms. The summed E-state index contributed by atoms with van der Waals surface area (Å²) in [6.45, 7) is 0. The molecule has 1 heterocycles. The second-order valence-electron chi connectivity index (χ2n) is 4.35. The molecule has 0 radical (unpaired) electrons. The quantitative estimate of drug-likeness (QED) is 0.902. The second-order valence-corrected chi connectivity index (χ2v) is 5.29. The minimum Gasteiger partial charge on any atom is -0.480 e. The van der Waals surface area contributed by atoms with Crippen molar-refractivity contribution in [3.8, 4) is 0 Å². The van der Waals surface area contributed by atoms with E-state index in [1.807, 2.05) is 0 Å². The molecule has 7 heteroatoms. The van der Waals surface area contributed by atoms with E-state index in [1.54, 1.807) is 12.1 Å². The number of anilines is 1. The van der Waals surface area contributed by atoms with Gasteiger partial charge in [0.05, 0.1) is 22.4 Å². The zero-order chi connectivity index (χ0) is 12.7. The highest BCUT2D eigenvalue weighted by Gasteiger charge is 2.36. The number of aliphatic carboxylic acids is 1. The van der Waals surface area contributed by atoms with Crippen LogP contribution in [0.25, 0.3) is 11.0 Å². The summed E-state index contributed by atoms with van der Waals surface area (Å²) in [4.78, 5) is 11.2. The Morgan fingerprint density at radius 3 is 2.94 bits per heavy atom. The first-order valence-electron chi connectivity index (χ1n) is 5.57. The molecule has 1 saturated carbocycles. The molecule has 94 valence electrons. The molecule has 1 aromatic heterocycles. The average molecular weight is 284 g/mol. The van der Waals surface area contributed by atoms with E-state index in [4.69, 9.17) is 11.6 Å². The Morgan fingerprint density at radius 2 is 2.28 bits per heavy atom. The molecular formula is C11H10ClN3O2S. The summed E-state index contributed by atoms with van der Waals surface area (Å²) in [5.74, 6) is -0.672. The number of fused-ring (bicyclic) bond motifs is 1. The van der Waals surface area contributed by atoms with Gasteiger partial charge < -0.3 is 10.4 Å². The van der Waals surface area contributed by atoms with Gasteiger partial charge in [0.1, 0.15) is 17.1 Å². The van der Waals surface area contributed by atoms with Gasteiger partial charge in [0.2, 0.25) is 0 Å². The molecule has 18 heavy (non-hydrogen) atoms. The lowest BCUT2D eigenvalue weighted by Gasteiger charge is -2.16. The van der Waals surface area contributed by atoms with Crippen molar-refractivity contribution < 1.29 is 9.90 Å². The molecule has 1 aliphatic rings. The van der Waals surface area contributed by atoms with Crippen LogP contribution in [-0.2, 0) is 4.79 Å². The largest absolute Gasteiger partial charge is 0.480 e. The van der Waals surface area contributed by atoms with Gasteiger partial charge in [-0.25, -0.2) is 4.79 Å². The van der Waals surface area contributed by atoms with Crippen molar-refractivity contribution in [3.05, 3.63) is 17.2 Å². The van der Waals surface area contributed by atoms with Crippen molar-refractivity contribution in [3.63, 3.8) is 0 Å². The van der Waals surface area contributed by atoms with Gasteiger partial charge in [-0.15, -0.1) is 0 Å². The van der Waals surface area contributed by atoms with Crippen molar-refractivity contribution in [1.82, 2.24) is 8.75 Å². The number of carboxylic acids is 1. The summed E-state index contributed by atoms with van der Waals surface area (Å²) < 4.78 is 8.28. The summed E-state index contributed by atoms with van der Waals surface area (Å²) in [5.41, 5.74) is 1.94. The number of hydrogen-bond donors (Lipinski definition) is 2. The highest BCUT2D eigenvalue weighted by atomic mass is 35.5. The Hall–Kier alpha value is -1.40. The van der Waals surface area contributed by atoms with E-state index in [0.717, 1.165) is 30.1 Å². The Labute approximate surface area is 112 Å². The normalized spacial score (nSPS) is 16.7. The van der Waals surface area contributed by atoms with E-state index < -0.39 is 12.0 Å². The molecule has 5 nitrogen and oxygen atoms in total. The van der Waals surface area contributed by atoms with Crippen LogP contribution in [0.3, 0.4) is 0 Å². The van der Waals surface area contributed by atoms with Gasteiger partial charge in [0.25, 0.3) is 0 Å². The number of rotatable bonds is 4. The smallest absolute Gasteiger partial charge is 0.326 e. The fourth-order valence-corrected chi connectivity index (χ4v) is 2.68. The fourth-order valence-electron chi connectivity index (χ4n) is 1.93. The van der Waals surface area contributed by atoms with Gasteiger partial charge in [-0.3, -0.25) is 0 Å². The molecule has 2 aromatic rings. The van der Waals surface area contributed by atoms with Crippen LogP contribution in [0.4, 0.5) is 5.69 Å². The van der Waals surface area contributed by atoms with Crippen LogP contribution in [0.2, 0.25) is 5.02 Å². The highest BCUT2D eigenvalue weighted by Crippen LogP contribution is 2.37. The van der Waals surface area contributed by atoms with E-state index in [1.165, 1.54) is 0 Å². The Kier molecular flexibility index (Phi) is 2.83. The van der Waals surface area contributed by atoms with Crippen molar-refractivity contribution >= 4 is 46.0 Å². The SMILES string of the molecule is O=C(O)C(Nc1c(Cl)ccc2nsnc12)C1CC1. The molecule has 1 atom stereocenters. The highest BCUT2D eigenvalue weighted by molar-refractivity contribution is 7.00. The predicted molar refractivity (Wildman–Crippen MR) is 70.2 cm³/mol. The number of benzene rings is 1. The second kappa shape index (κ2) is 4.37. The molecule has 1 aromatic carbocycles. The molecule has 0 aliphatic heterocycles. The summed E-state index contributed by atoms with van der Waals surface area (Å²) in [6, 6.07) is 2.88. The third kappa shape index (κ3) is 2.02. The zero-order valence-corrected chi connectivity index (χ0v) is 10.8. The molecule has 3 rings (SSSR count). The van der Waals surface area contributed by atoms with Crippen LogP contribution in [0.1, 0.15) is 12.8 Å². The van der Waals surface area contributed by atoms with Crippen LogP contribution < -0.4 is 5.32 Å². The van der Waals surface area contributed by atoms with Gasteiger partial charge in [-0.2, -0.15) is 8.75 Å². The van der Waals surface area contributed by atoms with Crippen LogP contribution in [0.5, 0.6) is 0 Å². The maximum Gasteiger partial charge on any atom is 0.326 e. The number of nitrogens with zero attached hydrogens (tertiary/aromatic N) is 2. The third-order valence-electron chi connectivity index (χ3n) is 3.04. The summed E-state index contributed by atoms with van der Waals surface area (Å²) in [7, 11) is 0. The molecule has 2 N–H and O–H groups in total. The third-order valence-corrected chi connectivity index (χ3v) is 3.89.